The molecule has 2 heterocycles. The molecule has 0 saturated heterocycles. The van der Waals surface area contributed by atoms with Crippen molar-refractivity contribution in [3.63, 3.8) is 0 Å². The van der Waals surface area contributed by atoms with E-state index in [1.54, 1.807) is 20.2 Å². The minimum atomic E-state index is -0.428. The number of carbonyl (C=O) groups excluding carboxylic acids is 1. The van der Waals surface area contributed by atoms with Gasteiger partial charge in [-0.15, -0.1) is 0 Å². The second kappa shape index (κ2) is 5.64. The Morgan fingerprint density at radius 1 is 1.35 bits per heavy atom. The molecule has 0 bridgehead atoms. The topological polar surface area (TPSA) is 106 Å². The molecule has 0 fully saturated rings. The van der Waals surface area contributed by atoms with Crippen molar-refractivity contribution in [2.24, 2.45) is 0 Å². The Labute approximate surface area is 116 Å². The molecule has 0 aromatic carbocycles. The van der Waals surface area contributed by atoms with E-state index in [9.17, 15) is 4.79 Å². The Kier molecular flexibility index (Phi) is 3.92. The van der Waals surface area contributed by atoms with E-state index in [-0.39, 0.29) is 17.6 Å². The van der Waals surface area contributed by atoms with Gasteiger partial charge in [0, 0.05) is 13.0 Å². The molecule has 0 aliphatic rings. The first kappa shape index (κ1) is 13.9. The van der Waals surface area contributed by atoms with Crippen LogP contribution >= 0.6 is 0 Å². The third kappa shape index (κ3) is 2.90. The highest BCUT2D eigenvalue weighted by Crippen LogP contribution is 2.17. The molecule has 8 nitrogen and oxygen atoms in total. The highest BCUT2D eigenvalue weighted by Gasteiger charge is 2.18. The Bertz CT molecular complexity index is 622. The third-order valence-electron chi connectivity index (χ3n) is 2.56. The maximum Gasteiger partial charge on any atom is 0.328 e. The number of hydrogen-bond acceptors (Lipinski definition) is 7. The van der Waals surface area contributed by atoms with Crippen molar-refractivity contribution in [1.29, 1.82) is 0 Å². The minimum absolute atomic E-state index is 0.0410. The number of anilines is 2. The first-order valence-corrected chi connectivity index (χ1v) is 6.17. The third-order valence-corrected chi connectivity index (χ3v) is 2.56. The highest BCUT2D eigenvalue weighted by atomic mass is 16.5. The second-order valence-corrected chi connectivity index (χ2v) is 4.50. The van der Waals surface area contributed by atoms with Gasteiger partial charge in [0.2, 0.25) is 0 Å². The van der Waals surface area contributed by atoms with Crippen molar-refractivity contribution in [2.45, 2.75) is 26.7 Å². The van der Waals surface area contributed by atoms with Gasteiger partial charge in [-0.25, -0.2) is 9.97 Å². The molecule has 106 valence electrons. The Balaban J connectivity index is 2.29. The average molecular weight is 276 g/mol. The lowest BCUT2D eigenvalue weighted by Gasteiger charge is -2.10. The number of rotatable bonds is 4. The number of aryl methyl sites for hydroxylation is 1. The van der Waals surface area contributed by atoms with Crippen LogP contribution < -0.4 is 10.6 Å². The standard InChI is InChI=1S/C12H16N6O2/c1-6(2)10-14-5-8(13-4)9(16-10)11(19)17-12-15-7(3)18-20-12/h5-6,13H,1-4H3,(H,15,17,18,19). The van der Waals surface area contributed by atoms with Crippen LogP contribution in [0.25, 0.3) is 0 Å². The summed E-state index contributed by atoms with van der Waals surface area (Å²) in [6.45, 7) is 5.58. The molecular weight excluding hydrogens is 260 g/mol. The van der Waals surface area contributed by atoms with Crippen molar-refractivity contribution in [3.8, 4) is 0 Å². The summed E-state index contributed by atoms with van der Waals surface area (Å²) in [6.07, 6.45) is 1.58. The van der Waals surface area contributed by atoms with Gasteiger partial charge in [0.15, 0.2) is 11.5 Å². The summed E-state index contributed by atoms with van der Waals surface area (Å²) in [5.41, 5.74) is 0.769. The molecule has 1 amide bonds. The lowest BCUT2D eigenvalue weighted by atomic mass is 10.2. The highest BCUT2D eigenvalue weighted by molar-refractivity contribution is 6.05. The van der Waals surface area contributed by atoms with Gasteiger partial charge >= 0.3 is 6.01 Å². The van der Waals surface area contributed by atoms with Gasteiger partial charge < -0.3 is 9.84 Å². The van der Waals surface area contributed by atoms with Crippen molar-refractivity contribution in [2.75, 3.05) is 17.7 Å². The van der Waals surface area contributed by atoms with E-state index in [1.807, 2.05) is 13.8 Å². The molecule has 0 aliphatic carbocycles. The summed E-state index contributed by atoms with van der Waals surface area (Å²) in [7, 11) is 1.70. The van der Waals surface area contributed by atoms with Crippen LogP contribution in [0.3, 0.4) is 0 Å². The van der Waals surface area contributed by atoms with Gasteiger partial charge in [-0.05, 0) is 6.92 Å². The fourth-order valence-corrected chi connectivity index (χ4v) is 1.53. The monoisotopic (exact) mass is 276 g/mol. The van der Waals surface area contributed by atoms with E-state index >= 15 is 0 Å². The molecule has 0 saturated carbocycles. The van der Waals surface area contributed by atoms with Crippen LogP contribution in [0.1, 0.15) is 41.9 Å². The summed E-state index contributed by atoms with van der Waals surface area (Å²) in [4.78, 5) is 24.6. The zero-order chi connectivity index (χ0) is 14.7. The zero-order valence-corrected chi connectivity index (χ0v) is 11.8. The van der Waals surface area contributed by atoms with Crippen molar-refractivity contribution in [1.82, 2.24) is 20.1 Å². The van der Waals surface area contributed by atoms with Crippen LogP contribution in [0.5, 0.6) is 0 Å². The van der Waals surface area contributed by atoms with E-state index in [2.05, 4.69) is 30.7 Å². The number of carbonyl (C=O) groups is 1. The van der Waals surface area contributed by atoms with E-state index in [4.69, 9.17) is 4.52 Å². The molecule has 0 spiro atoms. The van der Waals surface area contributed by atoms with Gasteiger partial charge in [0.05, 0.1) is 11.9 Å². The van der Waals surface area contributed by atoms with E-state index in [0.29, 0.717) is 17.3 Å². The smallest absolute Gasteiger partial charge is 0.328 e. The first-order valence-electron chi connectivity index (χ1n) is 6.17. The Morgan fingerprint density at radius 3 is 2.65 bits per heavy atom. The fraction of sp³-hybridized carbons (Fsp3) is 0.417. The van der Waals surface area contributed by atoms with Crippen LogP contribution in [-0.4, -0.2) is 33.1 Å². The number of aromatic nitrogens is 4. The van der Waals surface area contributed by atoms with Crippen LogP contribution in [0.15, 0.2) is 10.7 Å². The molecule has 2 rings (SSSR count). The number of amides is 1. The van der Waals surface area contributed by atoms with Crippen LogP contribution in [-0.2, 0) is 0 Å². The van der Waals surface area contributed by atoms with Crippen molar-refractivity contribution < 1.29 is 9.32 Å². The number of nitrogens with one attached hydrogen (secondary N) is 2. The van der Waals surface area contributed by atoms with Gasteiger partial charge in [0.25, 0.3) is 5.91 Å². The number of hydrogen-bond donors (Lipinski definition) is 2. The van der Waals surface area contributed by atoms with Crippen molar-refractivity contribution in [3.05, 3.63) is 23.5 Å². The predicted molar refractivity (Wildman–Crippen MR) is 72.7 cm³/mol. The molecule has 0 aliphatic heterocycles. The van der Waals surface area contributed by atoms with E-state index in [0.717, 1.165) is 0 Å². The molecule has 2 aromatic heterocycles. The molecule has 8 heteroatoms. The molecular formula is C12H16N6O2. The van der Waals surface area contributed by atoms with Gasteiger partial charge in [-0.1, -0.05) is 19.0 Å². The second-order valence-electron chi connectivity index (χ2n) is 4.50. The van der Waals surface area contributed by atoms with Crippen molar-refractivity contribution >= 4 is 17.6 Å². The molecule has 0 radical (unpaired) electrons. The van der Waals surface area contributed by atoms with Gasteiger partial charge in [-0.3, -0.25) is 10.1 Å². The van der Waals surface area contributed by atoms with Crippen LogP contribution in [0, 0.1) is 6.92 Å². The molecule has 2 aromatic rings. The van der Waals surface area contributed by atoms with E-state index in [1.165, 1.54) is 0 Å². The Morgan fingerprint density at radius 2 is 2.10 bits per heavy atom. The van der Waals surface area contributed by atoms with E-state index < -0.39 is 5.91 Å². The average Bonchev–Trinajstić information content (AvgIpc) is 2.83. The summed E-state index contributed by atoms with van der Waals surface area (Å²) < 4.78 is 4.85. The summed E-state index contributed by atoms with van der Waals surface area (Å²) in [5, 5.41) is 8.99. The molecule has 20 heavy (non-hydrogen) atoms. The molecule has 0 atom stereocenters. The quantitative estimate of drug-likeness (QED) is 0.873. The number of nitrogens with zero attached hydrogens (tertiary/aromatic N) is 4. The summed E-state index contributed by atoms with van der Waals surface area (Å²) >= 11 is 0. The molecule has 2 N–H and O–H groups in total. The van der Waals surface area contributed by atoms with Gasteiger partial charge in [0.1, 0.15) is 5.82 Å². The van der Waals surface area contributed by atoms with Gasteiger partial charge in [-0.2, -0.15) is 4.98 Å². The Hall–Kier alpha value is -2.51. The SMILES string of the molecule is CNc1cnc(C(C)C)nc1C(=O)Nc1nc(C)no1. The zero-order valence-electron chi connectivity index (χ0n) is 11.8. The summed E-state index contributed by atoms with van der Waals surface area (Å²) in [5.74, 6) is 0.732. The lowest BCUT2D eigenvalue weighted by molar-refractivity contribution is 0.101. The fourth-order valence-electron chi connectivity index (χ4n) is 1.53. The maximum atomic E-state index is 12.2. The van der Waals surface area contributed by atoms with Crippen LogP contribution in [0.2, 0.25) is 0 Å². The first-order chi connectivity index (χ1) is 9.51. The largest absolute Gasteiger partial charge is 0.385 e. The minimum Gasteiger partial charge on any atom is -0.385 e. The predicted octanol–water partition coefficient (Wildman–Crippen LogP) is 1.59. The lowest BCUT2D eigenvalue weighted by Crippen LogP contribution is -2.18. The molecule has 0 unspecified atom stereocenters. The maximum absolute atomic E-state index is 12.2. The summed E-state index contributed by atoms with van der Waals surface area (Å²) in [6, 6.07) is 0.0410. The normalized spacial score (nSPS) is 10.7. The van der Waals surface area contributed by atoms with Crippen LogP contribution in [0.4, 0.5) is 11.7 Å².